The molecule has 0 aliphatic carbocycles. The minimum absolute atomic E-state index is 0.110. The number of ketones is 1. The molecular weight excluding hydrogens is 253 g/mol. The maximum atomic E-state index is 13.1. The Balaban J connectivity index is 2.18. The summed E-state index contributed by atoms with van der Waals surface area (Å²) in [6.07, 6.45) is 3.38. The number of rotatable bonds is 2. The third-order valence-corrected chi connectivity index (χ3v) is 3.36. The highest BCUT2D eigenvalue weighted by Crippen LogP contribution is 2.22. The number of hydrogen-bond acceptors (Lipinski definition) is 2. The molecule has 0 unspecified atom stereocenters. The van der Waals surface area contributed by atoms with Gasteiger partial charge < -0.3 is 0 Å². The maximum absolute atomic E-state index is 13.1. The molecule has 3 heteroatoms. The molecule has 0 radical (unpaired) electrons. The topological polar surface area (TPSA) is 30.0 Å². The van der Waals surface area contributed by atoms with Gasteiger partial charge >= 0.3 is 0 Å². The first-order chi connectivity index (χ1) is 9.66. The summed E-state index contributed by atoms with van der Waals surface area (Å²) in [4.78, 5) is 16.7. The van der Waals surface area contributed by atoms with Crippen molar-refractivity contribution in [1.29, 1.82) is 0 Å². The summed E-state index contributed by atoms with van der Waals surface area (Å²) in [7, 11) is 0. The Hall–Kier alpha value is -2.55. The van der Waals surface area contributed by atoms with Crippen LogP contribution in [0, 0.1) is 12.7 Å². The van der Waals surface area contributed by atoms with E-state index in [0.717, 1.165) is 10.8 Å². The van der Waals surface area contributed by atoms with Crippen molar-refractivity contribution >= 4 is 16.6 Å². The molecule has 1 aromatic heterocycles. The molecule has 2 nitrogen and oxygen atoms in total. The number of benzene rings is 2. The number of nitrogens with zero attached hydrogens (tertiary/aromatic N) is 1. The molecule has 2 aromatic carbocycles. The Morgan fingerprint density at radius 3 is 2.75 bits per heavy atom. The van der Waals surface area contributed by atoms with Crippen molar-refractivity contribution in [1.82, 2.24) is 4.98 Å². The van der Waals surface area contributed by atoms with E-state index in [2.05, 4.69) is 4.98 Å². The lowest BCUT2D eigenvalue weighted by Crippen LogP contribution is -2.05. The van der Waals surface area contributed by atoms with Crippen molar-refractivity contribution in [3.05, 3.63) is 77.4 Å². The molecule has 1 heterocycles. The minimum atomic E-state index is -0.335. The lowest BCUT2D eigenvalue weighted by atomic mass is 9.96. The van der Waals surface area contributed by atoms with E-state index in [-0.39, 0.29) is 11.6 Å². The Morgan fingerprint density at radius 2 is 1.95 bits per heavy atom. The monoisotopic (exact) mass is 265 g/mol. The standard InChI is InChI=1S/C17H12FNO/c1-11-9-13(18)5-6-14(11)17(20)15-4-2-3-12-7-8-19-10-16(12)15/h2-10H,1H3. The van der Waals surface area contributed by atoms with E-state index in [4.69, 9.17) is 0 Å². The van der Waals surface area contributed by atoms with Gasteiger partial charge in [0.05, 0.1) is 0 Å². The van der Waals surface area contributed by atoms with Crippen LogP contribution in [0.5, 0.6) is 0 Å². The zero-order valence-corrected chi connectivity index (χ0v) is 10.9. The number of fused-ring (bicyclic) bond motifs is 1. The van der Waals surface area contributed by atoms with Crippen LogP contribution in [-0.4, -0.2) is 10.8 Å². The fourth-order valence-corrected chi connectivity index (χ4v) is 2.34. The van der Waals surface area contributed by atoms with Crippen molar-refractivity contribution in [3.63, 3.8) is 0 Å². The highest BCUT2D eigenvalue weighted by atomic mass is 19.1. The van der Waals surface area contributed by atoms with E-state index >= 15 is 0 Å². The average molecular weight is 265 g/mol. The molecule has 0 N–H and O–H groups in total. The summed E-state index contributed by atoms with van der Waals surface area (Å²) < 4.78 is 13.1. The Labute approximate surface area is 115 Å². The van der Waals surface area contributed by atoms with Crippen LogP contribution in [0.2, 0.25) is 0 Å². The van der Waals surface area contributed by atoms with Crippen LogP contribution in [-0.2, 0) is 0 Å². The average Bonchev–Trinajstić information content (AvgIpc) is 2.46. The number of halogens is 1. The minimum Gasteiger partial charge on any atom is -0.289 e. The summed E-state index contributed by atoms with van der Waals surface area (Å²) in [5, 5.41) is 1.77. The van der Waals surface area contributed by atoms with Crippen LogP contribution in [0.4, 0.5) is 4.39 Å². The normalized spacial score (nSPS) is 10.7. The van der Waals surface area contributed by atoms with Gasteiger partial charge in [0.25, 0.3) is 0 Å². The first-order valence-electron chi connectivity index (χ1n) is 6.30. The van der Waals surface area contributed by atoms with E-state index in [9.17, 15) is 9.18 Å². The van der Waals surface area contributed by atoms with Crippen molar-refractivity contribution in [3.8, 4) is 0 Å². The quantitative estimate of drug-likeness (QED) is 0.657. The second kappa shape index (κ2) is 4.85. The van der Waals surface area contributed by atoms with Crippen LogP contribution in [0.3, 0.4) is 0 Å². The van der Waals surface area contributed by atoms with Crippen LogP contribution in [0.15, 0.2) is 54.9 Å². The molecule has 0 atom stereocenters. The Kier molecular flexibility index (Phi) is 3.03. The van der Waals surface area contributed by atoms with Gasteiger partial charge in [0.2, 0.25) is 0 Å². The molecule has 0 spiro atoms. The van der Waals surface area contributed by atoms with Crippen LogP contribution < -0.4 is 0 Å². The highest BCUT2D eigenvalue weighted by molar-refractivity contribution is 6.16. The maximum Gasteiger partial charge on any atom is 0.193 e. The smallest absolute Gasteiger partial charge is 0.193 e. The first kappa shape index (κ1) is 12.5. The third kappa shape index (κ3) is 2.07. The number of aryl methyl sites for hydroxylation is 1. The molecule has 0 bridgehead atoms. The largest absolute Gasteiger partial charge is 0.289 e. The number of carbonyl (C=O) groups is 1. The second-order valence-corrected chi connectivity index (χ2v) is 4.69. The zero-order chi connectivity index (χ0) is 14.1. The molecule has 3 rings (SSSR count). The molecule has 20 heavy (non-hydrogen) atoms. The summed E-state index contributed by atoms with van der Waals surface area (Å²) in [6, 6.07) is 11.6. The highest BCUT2D eigenvalue weighted by Gasteiger charge is 2.14. The molecule has 3 aromatic rings. The molecule has 0 saturated heterocycles. The van der Waals surface area contributed by atoms with E-state index in [1.165, 1.54) is 18.2 Å². The van der Waals surface area contributed by atoms with Crippen LogP contribution in [0.25, 0.3) is 10.8 Å². The number of carbonyl (C=O) groups excluding carboxylic acids is 1. The molecule has 0 fully saturated rings. The second-order valence-electron chi connectivity index (χ2n) is 4.69. The Bertz CT molecular complexity index is 806. The van der Waals surface area contributed by atoms with E-state index in [1.807, 2.05) is 18.2 Å². The lowest BCUT2D eigenvalue weighted by Gasteiger charge is -2.08. The van der Waals surface area contributed by atoms with Gasteiger partial charge in [-0.05, 0) is 42.1 Å². The Morgan fingerprint density at radius 1 is 1.10 bits per heavy atom. The summed E-state index contributed by atoms with van der Waals surface area (Å²) in [5.41, 5.74) is 1.74. The number of aromatic nitrogens is 1. The third-order valence-electron chi connectivity index (χ3n) is 3.36. The summed E-state index contributed by atoms with van der Waals surface area (Å²) >= 11 is 0. The number of hydrogen-bond donors (Lipinski definition) is 0. The van der Waals surface area contributed by atoms with Gasteiger partial charge in [0.1, 0.15) is 5.82 Å². The van der Waals surface area contributed by atoms with Gasteiger partial charge in [-0.25, -0.2) is 4.39 Å². The zero-order valence-electron chi connectivity index (χ0n) is 10.9. The van der Waals surface area contributed by atoms with Gasteiger partial charge in [-0.2, -0.15) is 0 Å². The van der Waals surface area contributed by atoms with Crippen molar-refractivity contribution < 1.29 is 9.18 Å². The fourth-order valence-electron chi connectivity index (χ4n) is 2.34. The molecule has 0 aliphatic heterocycles. The van der Waals surface area contributed by atoms with Crippen LogP contribution >= 0.6 is 0 Å². The van der Waals surface area contributed by atoms with Gasteiger partial charge in [0, 0.05) is 28.9 Å². The summed E-state index contributed by atoms with van der Waals surface area (Å²) in [5.74, 6) is -0.445. The van der Waals surface area contributed by atoms with Gasteiger partial charge in [0.15, 0.2) is 5.78 Å². The lowest BCUT2D eigenvalue weighted by molar-refractivity contribution is 0.103. The SMILES string of the molecule is Cc1cc(F)ccc1C(=O)c1cccc2ccncc12. The van der Waals surface area contributed by atoms with Crippen molar-refractivity contribution in [2.45, 2.75) is 6.92 Å². The van der Waals surface area contributed by atoms with E-state index in [1.54, 1.807) is 25.4 Å². The molecule has 98 valence electrons. The molecule has 0 saturated carbocycles. The van der Waals surface area contributed by atoms with Crippen LogP contribution in [0.1, 0.15) is 21.5 Å². The van der Waals surface area contributed by atoms with E-state index in [0.29, 0.717) is 16.7 Å². The van der Waals surface area contributed by atoms with Gasteiger partial charge in [-0.1, -0.05) is 18.2 Å². The fraction of sp³-hybridized carbons (Fsp3) is 0.0588. The first-order valence-corrected chi connectivity index (χ1v) is 6.30. The van der Waals surface area contributed by atoms with Crippen molar-refractivity contribution in [2.75, 3.05) is 0 Å². The van der Waals surface area contributed by atoms with Gasteiger partial charge in [-0.15, -0.1) is 0 Å². The van der Waals surface area contributed by atoms with Gasteiger partial charge in [-0.3, -0.25) is 9.78 Å². The van der Waals surface area contributed by atoms with Crippen molar-refractivity contribution in [2.24, 2.45) is 0 Å². The molecule has 0 aliphatic rings. The molecular formula is C17H12FNO. The molecule has 0 amide bonds. The summed E-state index contributed by atoms with van der Waals surface area (Å²) in [6.45, 7) is 1.74. The predicted molar refractivity (Wildman–Crippen MR) is 76.3 cm³/mol. The number of pyridine rings is 1. The van der Waals surface area contributed by atoms with E-state index < -0.39 is 0 Å². The predicted octanol–water partition coefficient (Wildman–Crippen LogP) is 3.91.